The number of aliphatic hydroxyl groups is 2. The number of ether oxygens (including phenoxy) is 1. The van der Waals surface area contributed by atoms with Gasteiger partial charge in [-0.2, -0.15) is 0 Å². The lowest BCUT2D eigenvalue weighted by atomic mass is 10.0. The summed E-state index contributed by atoms with van der Waals surface area (Å²) in [5, 5.41) is 23.3. The third-order valence-corrected chi connectivity index (χ3v) is 14.6. The van der Waals surface area contributed by atoms with Crippen LogP contribution < -0.4 is 5.32 Å². The molecule has 3 N–H and O–H groups in total. The molecule has 6 heteroatoms. The first kappa shape index (κ1) is 66.6. The van der Waals surface area contributed by atoms with E-state index in [4.69, 9.17) is 4.74 Å². The number of hydrogen-bond acceptors (Lipinski definition) is 5. The van der Waals surface area contributed by atoms with E-state index in [0.29, 0.717) is 25.9 Å². The molecule has 0 radical (unpaired) electrons. The smallest absolute Gasteiger partial charge is 0.305 e. The summed E-state index contributed by atoms with van der Waals surface area (Å²) in [6.45, 7) is 4.96. The zero-order chi connectivity index (χ0) is 49.3. The molecule has 0 aromatic rings. The van der Waals surface area contributed by atoms with Crippen molar-refractivity contribution in [3.63, 3.8) is 0 Å². The van der Waals surface area contributed by atoms with Crippen LogP contribution in [0.5, 0.6) is 0 Å². The van der Waals surface area contributed by atoms with Crippen LogP contribution in [0.4, 0.5) is 0 Å². The molecule has 0 aliphatic carbocycles. The molecule has 0 aliphatic heterocycles. The second kappa shape index (κ2) is 58.2. The number of amides is 1. The largest absolute Gasteiger partial charge is 0.466 e. The van der Waals surface area contributed by atoms with Crippen LogP contribution in [0.1, 0.15) is 348 Å². The first-order chi connectivity index (χ1) is 33.5. The number of esters is 1. The maximum absolute atomic E-state index is 12.5. The number of carbonyl (C=O) groups excluding carboxylic acids is 2. The van der Waals surface area contributed by atoms with Crippen molar-refractivity contribution >= 4 is 11.9 Å². The van der Waals surface area contributed by atoms with Gasteiger partial charge in [0.05, 0.1) is 25.4 Å². The highest BCUT2D eigenvalue weighted by Gasteiger charge is 2.20. The summed E-state index contributed by atoms with van der Waals surface area (Å²) in [5.41, 5.74) is 0. The van der Waals surface area contributed by atoms with Crippen molar-refractivity contribution < 1.29 is 24.5 Å². The third-order valence-electron chi connectivity index (χ3n) is 14.6. The predicted molar refractivity (Wildman–Crippen MR) is 297 cm³/mol. The van der Waals surface area contributed by atoms with Gasteiger partial charge in [-0.15, -0.1) is 0 Å². The van der Waals surface area contributed by atoms with Gasteiger partial charge < -0.3 is 20.3 Å². The Morgan fingerprint density at radius 1 is 0.397 bits per heavy atom. The van der Waals surface area contributed by atoms with Crippen molar-refractivity contribution in [3.05, 3.63) is 12.2 Å². The lowest BCUT2D eigenvalue weighted by Gasteiger charge is -2.22. The van der Waals surface area contributed by atoms with E-state index in [-0.39, 0.29) is 18.5 Å². The van der Waals surface area contributed by atoms with Crippen LogP contribution >= 0.6 is 0 Å². The third kappa shape index (κ3) is 53.9. The first-order valence-corrected chi connectivity index (χ1v) is 30.9. The number of carbonyl (C=O) groups is 2. The molecule has 1 amide bonds. The lowest BCUT2D eigenvalue weighted by molar-refractivity contribution is -0.143. The number of rotatable bonds is 58. The molecule has 0 fully saturated rings. The van der Waals surface area contributed by atoms with Gasteiger partial charge in [-0.05, 0) is 51.4 Å². The van der Waals surface area contributed by atoms with Crippen LogP contribution in [-0.2, 0) is 14.3 Å². The van der Waals surface area contributed by atoms with Gasteiger partial charge in [0.25, 0.3) is 0 Å². The molecule has 6 nitrogen and oxygen atoms in total. The number of allylic oxidation sites excluding steroid dienone is 2. The minimum atomic E-state index is -0.663. The fraction of sp³-hybridized carbons (Fsp3) is 0.935. The summed E-state index contributed by atoms with van der Waals surface area (Å²) in [7, 11) is 0. The normalized spacial score (nSPS) is 12.6. The molecular weight excluding hydrogens is 839 g/mol. The standard InChI is InChI=1S/C62H121NO5/c1-3-5-7-9-11-13-15-17-27-31-34-38-42-46-50-54-60(65)59(58-64)63-61(66)55-51-47-43-39-35-32-28-25-23-21-19-18-20-22-24-26-29-33-37-41-45-49-53-57-68-62(67)56-52-48-44-40-36-30-16-14-12-10-8-6-4-2/h14,16,59-60,64-65H,3-13,15,17-58H2,1-2H3,(H,63,66)/b16-14-. The van der Waals surface area contributed by atoms with Crippen molar-refractivity contribution in [1.82, 2.24) is 5.32 Å². The molecule has 0 aliphatic rings. The lowest BCUT2D eigenvalue weighted by Crippen LogP contribution is -2.45. The maximum Gasteiger partial charge on any atom is 0.305 e. The van der Waals surface area contributed by atoms with E-state index in [0.717, 1.165) is 44.9 Å². The highest BCUT2D eigenvalue weighted by molar-refractivity contribution is 5.76. The van der Waals surface area contributed by atoms with E-state index < -0.39 is 12.1 Å². The number of unbranched alkanes of at least 4 members (excludes halogenated alkanes) is 45. The molecule has 404 valence electrons. The quantitative estimate of drug-likeness (QED) is 0.0321. The Kier molecular flexibility index (Phi) is 57.0. The van der Waals surface area contributed by atoms with Crippen molar-refractivity contribution in [2.24, 2.45) is 0 Å². The van der Waals surface area contributed by atoms with Gasteiger partial charge >= 0.3 is 5.97 Å². The highest BCUT2D eigenvalue weighted by Crippen LogP contribution is 2.18. The Morgan fingerprint density at radius 3 is 1.06 bits per heavy atom. The van der Waals surface area contributed by atoms with Crippen molar-refractivity contribution in [3.8, 4) is 0 Å². The molecule has 0 aromatic heterocycles. The van der Waals surface area contributed by atoms with Gasteiger partial charge in [0.2, 0.25) is 5.91 Å². The van der Waals surface area contributed by atoms with E-state index in [1.807, 2.05) is 0 Å². The molecular formula is C62H121NO5. The zero-order valence-electron chi connectivity index (χ0n) is 46.1. The van der Waals surface area contributed by atoms with Crippen molar-refractivity contribution in [2.75, 3.05) is 13.2 Å². The monoisotopic (exact) mass is 960 g/mol. The minimum absolute atomic E-state index is 0.00576. The van der Waals surface area contributed by atoms with Crippen molar-refractivity contribution in [2.45, 2.75) is 360 Å². The maximum atomic E-state index is 12.5. The van der Waals surface area contributed by atoms with E-state index in [1.165, 1.54) is 270 Å². The second-order valence-electron chi connectivity index (χ2n) is 21.4. The Hall–Kier alpha value is -1.40. The summed E-state index contributed by atoms with van der Waals surface area (Å²) in [4.78, 5) is 24.5. The molecule has 2 unspecified atom stereocenters. The molecule has 0 aromatic carbocycles. The number of aliphatic hydroxyl groups excluding tert-OH is 2. The Morgan fingerprint density at radius 2 is 0.691 bits per heavy atom. The van der Waals surface area contributed by atoms with Crippen LogP contribution in [0.25, 0.3) is 0 Å². The van der Waals surface area contributed by atoms with Crippen LogP contribution in [0.15, 0.2) is 12.2 Å². The Labute approximate surface area is 425 Å². The van der Waals surface area contributed by atoms with E-state index in [9.17, 15) is 19.8 Å². The molecule has 0 rings (SSSR count). The van der Waals surface area contributed by atoms with E-state index in [2.05, 4.69) is 31.3 Å². The average Bonchev–Trinajstić information content (AvgIpc) is 3.34. The van der Waals surface area contributed by atoms with E-state index in [1.54, 1.807) is 0 Å². The van der Waals surface area contributed by atoms with Gasteiger partial charge in [0.1, 0.15) is 0 Å². The fourth-order valence-electron chi connectivity index (χ4n) is 9.81. The summed E-state index contributed by atoms with van der Waals surface area (Å²) in [5.74, 6) is -0.0263. The molecule has 0 bridgehead atoms. The van der Waals surface area contributed by atoms with Crippen LogP contribution in [-0.4, -0.2) is 47.4 Å². The van der Waals surface area contributed by atoms with Gasteiger partial charge in [0, 0.05) is 12.8 Å². The Balaban J connectivity index is 3.36. The van der Waals surface area contributed by atoms with Crippen molar-refractivity contribution in [1.29, 1.82) is 0 Å². The summed E-state index contributed by atoms with van der Waals surface area (Å²) >= 11 is 0. The molecule has 0 heterocycles. The highest BCUT2D eigenvalue weighted by atomic mass is 16.5. The number of hydrogen-bond donors (Lipinski definition) is 3. The minimum Gasteiger partial charge on any atom is -0.466 e. The molecule has 0 saturated carbocycles. The van der Waals surface area contributed by atoms with Crippen LogP contribution in [0.2, 0.25) is 0 Å². The fourth-order valence-corrected chi connectivity index (χ4v) is 9.81. The summed E-state index contributed by atoms with van der Waals surface area (Å²) < 4.78 is 5.47. The van der Waals surface area contributed by atoms with Gasteiger partial charge in [-0.1, -0.05) is 296 Å². The zero-order valence-corrected chi connectivity index (χ0v) is 46.1. The van der Waals surface area contributed by atoms with Gasteiger partial charge in [-0.25, -0.2) is 0 Å². The van der Waals surface area contributed by atoms with Crippen LogP contribution in [0.3, 0.4) is 0 Å². The molecule has 68 heavy (non-hydrogen) atoms. The van der Waals surface area contributed by atoms with Gasteiger partial charge in [-0.3, -0.25) is 9.59 Å². The predicted octanol–water partition coefficient (Wildman–Crippen LogP) is 19.2. The van der Waals surface area contributed by atoms with Gasteiger partial charge in [0.15, 0.2) is 0 Å². The number of nitrogens with one attached hydrogen (secondary N) is 1. The molecule has 0 saturated heterocycles. The topological polar surface area (TPSA) is 95.9 Å². The Bertz CT molecular complexity index is 1020. The first-order valence-electron chi connectivity index (χ1n) is 30.9. The molecule has 0 spiro atoms. The second-order valence-corrected chi connectivity index (χ2v) is 21.4. The SMILES string of the molecule is CCCCCC/C=C\CCCCCCCC(=O)OCCCCCCCCCCCCCCCCCCCCCCCCCC(=O)NC(CO)C(O)CCCCCCCCCCCCCCCCC. The van der Waals surface area contributed by atoms with Crippen LogP contribution in [0, 0.1) is 0 Å². The summed E-state index contributed by atoms with van der Waals surface area (Å²) in [6.07, 6.45) is 69.3. The summed E-state index contributed by atoms with van der Waals surface area (Å²) in [6, 6.07) is -0.540. The average molecular weight is 961 g/mol. The molecule has 2 atom stereocenters. The van der Waals surface area contributed by atoms with E-state index >= 15 is 0 Å².